The monoisotopic (exact) mass is 224 g/mol. The van der Waals surface area contributed by atoms with E-state index in [0.717, 1.165) is 11.1 Å². The summed E-state index contributed by atoms with van der Waals surface area (Å²) in [5.74, 6) is 0. The fourth-order valence-electron chi connectivity index (χ4n) is 1.66. The topological polar surface area (TPSA) is 58.9 Å². The Hall–Kier alpha value is -0.940. The molecule has 0 spiro atoms. The first-order valence-corrected chi connectivity index (χ1v) is 5.34. The number of fused-ring (bicyclic) bond motifs is 1. The van der Waals surface area contributed by atoms with E-state index in [4.69, 9.17) is 9.47 Å². The van der Waals surface area contributed by atoms with Crippen LogP contribution in [0.4, 0.5) is 0 Å². The van der Waals surface area contributed by atoms with Crippen LogP contribution in [0.5, 0.6) is 0 Å². The first-order valence-electron chi connectivity index (χ1n) is 5.34. The molecule has 0 saturated carbocycles. The molecule has 1 aliphatic heterocycles. The lowest BCUT2D eigenvalue weighted by molar-refractivity contribution is -0.218. The van der Waals surface area contributed by atoms with Crippen LogP contribution in [0, 0.1) is 0 Å². The summed E-state index contributed by atoms with van der Waals surface area (Å²) in [6, 6.07) is 7.81. The summed E-state index contributed by atoms with van der Waals surface area (Å²) >= 11 is 0. The zero-order valence-corrected chi connectivity index (χ0v) is 9.17. The highest BCUT2D eigenvalue weighted by Crippen LogP contribution is 2.20. The Balaban J connectivity index is 2.07. The second-order valence-electron chi connectivity index (χ2n) is 3.99. The lowest BCUT2D eigenvalue weighted by atomic mass is 10.1. The number of ether oxygens (including phenoxy) is 2. The van der Waals surface area contributed by atoms with E-state index in [1.807, 2.05) is 24.3 Å². The average Bonchev–Trinajstić information content (AvgIpc) is 2.50. The van der Waals surface area contributed by atoms with Gasteiger partial charge in [-0.15, -0.1) is 0 Å². The third-order valence-electron chi connectivity index (χ3n) is 2.70. The maximum Gasteiger partial charge on any atom is 0.186 e. The minimum absolute atomic E-state index is 0.393. The Bertz CT molecular complexity index is 324. The van der Waals surface area contributed by atoms with E-state index in [2.05, 4.69) is 0 Å². The summed E-state index contributed by atoms with van der Waals surface area (Å²) in [6.07, 6.45) is -2.66. The lowest BCUT2D eigenvalue weighted by Crippen LogP contribution is -2.38. The molecule has 0 aromatic heterocycles. The summed E-state index contributed by atoms with van der Waals surface area (Å²) < 4.78 is 10.8. The van der Waals surface area contributed by atoms with Gasteiger partial charge in [0.05, 0.1) is 19.3 Å². The predicted octanol–water partition coefficient (Wildman–Crippen LogP) is 0.801. The molecule has 4 nitrogen and oxygen atoms in total. The van der Waals surface area contributed by atoms with E-state index in [0.29, 0.717) is 13.2 Å². The normalized spacial score (nSPS) is 20.9. The van der Waals surface area contributed by atoms with Crippen molar-refractivity contribution in [1.82, 2.24) is 0 Å². The molecule has 0 aliphatic carbocycles. The molecule has 1 aromatic carbocycles. The Morgan fingerprint density at radius 1 is 1.12 bits per heavy atom. The third-order valence-corrected chi connectivity index (χ3v) is 2.70. The van der Waals surface area contributed by atoms with Crippen LogP contribution in [-0.4, -0.2) is 28.7 Å². The van der Waals surface area contributed by atoms with E-state index in [9.17, 15) is 10.2 Å². The molecule has 88 valence electrons. The van der Waals surface area contributed by atoms with Crippen LogP contribution in [-0.2, 0) is 22.7 Å². The van der Waals surface area contributed by atoms with Crippen molar-refractivity contribution < 1.29 is 19.7 Å². The van der Waals surface area contributed by atoms with E-state index < -0.39 is 18.5 Å². The van der Waals surface area contributed by atoms with Gasteiger partial charge in [0.1, 0.15) is 6.10 Å². The first-order chi connectivity index (χ1) is 7.68. The molecular weight excluding hydrogens is 208 g/mol. The summed E-state index contributed by atoms with van der Waals surface area (Å²) in [5.41, 5.74) is 2.12. The number of aliphatic hydroxyl groups excluding tert-OH is 2. The molecule has 0 radical (unpaired) electrons. The summed E-state index contributed by atoms with van der Waals surface area (Å²) in [4.78, 5) is 0. The molecule has 4 heteroatoms. The van der Waals surface area contributed by atoms with Gasteiger partial charge < -0.3 is 19.7 Å². The van der Waals surface area contributed by atoms with Gasteiger partial charge >= 0.3 is 0 Å². The van der Waals surface area contributed by atoms with Crippen LogP contribution in [0.2, 0.25) is 0 Å². The smallest absolute Gasteiger partial charge is 0.186 e. The van der Waals surface area contributed by atoms with Gasteiger partial charge in [-0.1, -0.05) is 24.3 Å². The molecule has 1 aliphatic rings. The van der Waals surface area contributed by atoms with E-state index in [-0.39, 0.29) is 0 Å². The zero-order chi connectivity index (χ0) is 11.5. The highest BCUT2D eigenvalue weighted by atomic mass is 16.7. The molecule has 16 heavy (non-hydrogen) atoms. The van der Waals surface area contributed by atoms with Gasteiger partial charge in [0.2, 0.25) is 0 Å². The van der Waals surface area contributed by atoms with Crippen molar-refractivity contribution in [3.63, 3.8) is 0 Å². The SMILES string of the molecule is C[C@H](O)[C@@H](O)C1OCc2ccccc2CO1. The van der Waals surface area contributed by atoms with E-state index in [1.165, 1.54) is 6.92 Å². The summed E-state index contributed by atoms with van der Waals surface area (Å²) in [7, 11) is 0. The molecule has 2 N–H and O–H groups in total. The lowest BCUT2D eigenvalue weighted by Gasteiger charge is -2.23. The van der Waals surface area contributed by atoms with Crippen LogP contribution < -0.4 is 0 Å². The van der Waals surface area contributed by atoms with Crippen molar-refractivity contribution in [2.24, 2.45) is 0 Å². The second kappa shape index (κ2) is 4.93. The molecule has 2 rings (SSSR count). The Kier molecular flexibility index (Phi) is 3.56. The largest absolute Gasteiger partial charge is 0.391 e. The molecule has 0 unspecified atom stereocenters. The van der Waals surface area contributed by atoms with E-state index in [1.54, 1.807) is 0 Å². The van der Waals surface area contributed by atoms with Crippen molar-refractivity contribution in [3.8, 4) is 0 Å². The molecular formula is C12H16O4. The van der Waals surface area contributed by atoms with Crippen molar-refractivity contribution in [2.75, 3.05) is 0 Å². The number of benzene rings is 1. The van der Waals surface area contributed by atoms with Crippen LogP contribution in [0.15, 0.2) is 24.3 Å². The highest BCUT2D eigenvalue weighted by molar-refractivity contribution is 5.26. The van der Waals surface area contributed by atoms with Crippen LogP contribution >= 0.6 is 0 Å². The van der Waals surface area contributed by atoms with Crippen molar-refractivity contribution in [1.29, 1.82) is 0 Å². The van der Waals surface area contributed by atoms with Crippen LogP contribution in [0.25, 0.3) is 0 Å². The van der Waals surface area contributed by atoms with Crippen molar-refractivity contribution in [3.05, 3.63) is 35.4 Å². The minimum atomic E-state index is -1.02. The average molecular weight is 224 g/mol. The Labute approximate surface area is 94.4 Å². The maximum absolute atomic E-state index is 9.66. The van der Waals surface area contributed by atoms with Crippen molar-refractivity contribution in [2.45, 2.75) is 38.6 Å². The van der Waals surface area contributed by atoms with Gasteiger partial charge in [-0.25, -0.2) is 0 Å². The number of hydrogen-bond acceptors (Lipinski definition) is 4. The number of aliphatic hydroxyl groups is 2. The van der Waals surface area contributed by atoms with Gasteiger partial charge in [0, 0.05) is 0 Å². The predicted molar refractivity (Wildman–Crippen MR) is 57.5 cm³/mol. The van der Waals surface area contributed by atoms with Crippen LogP contribution in [0.3, 0.4) is 0 Å². The standard InChI is InChI=1S/C12H16O4/c1-8(13)11(14)12-15-6-9-4-2-3-5-10(9)7-16-12/h2-5,8,11-14H,6-7H2,1H3/t8-,11+/m0/s1. The Morgan fingerprint density at radius 3 is 2.06 bits per heavy atom. The van der Waals surface area contributed by atoms with Gasteiger partial charge in [-0.2, -0.15) is 0 Å². The second-order valence-corrected chi connectivity index (χ2v) is 3.99. The molecule has 2 atom stereocenters. The molecule has 1 aromatic rings. The van der Waals surface area contributed by atoms with E-state index >= 15 is 0 Å². The number of rotatable bonds is 2. The fourth-order valence-corrected chi connectivity index (χ4v) is 1.66. The zero-order valence-electron chi connectivity index (χ0n) is 9.17. The quantitative estimate of drug-likeness (QED) is 0.780. The summed E-state index contributed by atoms with van der Waals surface area (Å²) in [6.45, 7) is 2.30. The van der Waals surface area contributed by atoms with Crippen molar-refractivity contribution >= 4 is 0 Å². The minimum Gasteiger partial charge on any atom is -0.391 e. The van der Waals surface area contributed by atoms with Gasteiger partial charge in [0.15, 0.2) is 6.29 Å². The van der Waals surface area contributed by atoms with Gasteiger partial charge in [-0.05, 0) is 18.1 Å². The summed E-state index contributed by atoms with van der Waals surface area (Å²) in [5, 5.41) is 18.9. The highest BCUT2D eigenvalue weighted by Gasteiger charge is 2.27. The third kappa shape index (κ3) is 2.41. The first kappa shape index (κ1) is 11.5. The maximum atomic E-state index is 9.66. The van der Waals surface area contributed by atoms with Gasteiger partial charge in [-0.3, -0.25) is 0 Å². The molecule has 0 fully saturated rings. The Morgan fingerprint density at radius 2 is 1.62 bits per heavy atom. The number of hydrogen-bond donors (Lipinski definition) is 2. The fraction of sp³-hybridized carbons (Fsp3) is 0.500. The molecule has 0 bridgehead atoms. The van der Waals surface area contributed by atoms with Crippen LogP contribution in [0.1, 0.15) is 18.1 Å². The van der Waals surface area contributed by atoms with Gasteiger partial charge in [0.25, 0.3) is 0 Å². The molecule has 0 amide bonds. The molecule has 0 saturated heterocycles. The molecule has 1 heterocycles.